The Balaban J connectivity index is 2.18. The lowest BCUT2D eigenvalue weighted by Gasteiger charge is -2.14. The molecule has 0 aliphatic heterocycles. The lowest BCUT2D eigenvalue weighted by atomic mass is 10.1. The molecule has 0 aliphatic rings. The van der Waals surface area contributed by atoms with Crippen LogP contribution in [0.2, 0.25) is 0 Å². The van der Waals surface area contributed by atoms with Gasteiger partial charge in [0.2, 0.25) is 0 Å². The monoisotopic (exact) mass is 246 g/mol. The van der Waals surface area contributed by atoms with Crippen molar-refractivity contribution in [3.8, 4) is 0 Å². The van der Waals surface area contributed by atoms with Crippen LogP contribution in [-0.2, 0) is 0 Å². The highest BCUT2D eigenvalue weighted by Crippen LogP contribution is 2.25. The number of hydrogen-bond donors (Lipinski definition) is 3. The third-order valence-corrected chi connectivity index (χ3v) is 2.87. The lowest BCUT2D eigenvalue weighted by molar-refractivity contribution is 0.500. The van der Waals surface area contributed by atoms with Crippen molar-refractivity contribution in [2.75, 3.05) is 16.8 Å². The van der Waals surface area contributed by atoms with Gasteiger partial charge in [0.15, 0.2) is 0 Å². The van der Waals surface area contributed by atoms with Crippen LogP contribution in [0.15, 0.2) is 22.6 Å². The molecule has 0 amide bonds. The molecule has 1 unspecified atom stereocenters. The minimum atomic E-state index is 0.0953. The Labute approximate surface area is 106 Å². The van der Waals surface area contributed by atoms with Gasteiger partial charge in [-0.05, 0) is 39.0 Å². The van der Waals surface area contributed by atoms with Gasteiger partial charge >= 0.3 is 0 Å². The topological polar surface area (TPSA) is 90.1 Å². The van der Waals surface area contributed by atoms with Crippen molar-refractivity contribution in [2.24, 2.45) is 0 Å². The zero-order chi connectivity index (χ0) is 13.3. The van der Waals surface area contributed by atoms with Crippen LogP contribution in [0.3, 0.4) is 0 Å². The molecule has 2 heterocycles. The zero-order valence-electron chi connectivity index (χ0n) is 10.8. The van der Waals surface area contributed by atoms with E-state index in [1.807, 2.05) is 32.9 Å². The van der Waals surface area contributed by atoms with Gasteiger partial charge in [0.05, 0.1) is 11.7 Å². The molecule has 0 spiro atoms. The summed E-state index contributed by atoms with van der Waals surface area (Å²) < 4.78 is 5.51. The molecule has 0 saturated heterocycles. The van der Waals surface area contributed by atoms with Gasteiger partial charge in [0, 0.05) is 5.56 Å². The van der Waals surface area contributed by atoms with Crippen LogP contribution in [0.25, 0.3) is 0 Å². The van der Waals surface area contributed by atoms with Gasteiger partial charge in [-0.3, -0.25) is 0 Å². The van der Waals surface area contributed by atoms with Crippen LogP contribution in [0.1, 0.15) is 30.0 Å². The molecular weight excluding hydrogens is 228 g/mol. The highest BCUT2D eigenvalue weighted by Gasteiger charge is 2.13. The molecule has 5 heteroatoms. The number of nitrogens with one attached hydrogen (secondary N) is 1. The van der Waals surface area contributed by atoms with Gasteiger partial charge in [-0.2, -0.15) is 0 Å². The second kappa shape index (κ2) is 4.60. The average molecular weight is 246 g/mol. The lowest BCUT2D eigenvalue weighted by Crippen LogP contribution is -2.09. The van der Waals surface area contributed by atoms with Gasteiger partial charge in [-0.15, -0.1) is 0 Å². The van der Waals surface area contributed by atoms with E-state index in [0.29, 0.717) is 17.3 Å². The summed E-state index contributed by atoms with van der Waals surface area (Å²) in [4.78, 5) is 4.19. The first-order valence-corrected chi connectivity index (χ1v) is 5.83. The molecule has 0 fully saturated rings. The predicted molar refractivity (Wildman–Crippen MR) is 73.3 cm³/mol. The van der Waals surface area contributed by atoms with E-state index in [4.69, 9.17) is 15.9 Å². The fourth-order valence-corrected chi connectivity index (χ4v) is 1.95. The van der Waals surface area contributed by atoms with Gasteiger partial charge in [-0.25, -0.2) is 4.98 Å². The molecule has 5 N–H and O–H groups in total. The van der Waals surface area contributed by atoms with Crippen molar-refractivity contribution >= 4 is 17.3 Å². The minimum Gasteiger partial charge on any atom is -0.466 e. The van der Waals surface area contributed by atoms with Crippen molar-refractivity contribution in [3.63, 3.8) is 0 Å². The Bertz CT molecular complexity index is 562. The number of rotatable bonds is 3. The van der Waals surface area contributed by atoms with Crippen LogP contribution >= 0.6 is 0 Å². The highest BCUT2D eigenvalue weighted by molar-refractivity contribution is 5.61. The first kappa shape index (κ1) is 12.3. The maximum atomic E-state index is 5.67. The van der Waals surface area contributed by atoms with Crippen molar-refractivity contribution in [1.82, 2.24) is 4.98 Å². The Hall–Kier alpha value is -2.17. The van der Waals surface area contributed by atoms with Crippen LogP contribution in [0.4, 0.5) is 17.3 Å². The molecule has 0 saturated carbocycles. The number of aryl methyl sites for hydroxylation is 2. The van der Waals surface area contributed by atoms with Gasteiger partial charge in [-0.1, -0.05) is 0 Å². The molecule has 0 radical (unpaired) electrons. The van der Waals surface area contributed by atoms with Crippen LogP contribution in [0, 0.1) is 13.8 Å². The van der Waals surface area contributed by atoms with E-state index in [2.05, 4.69) is 10.3 Å². The quantitative estimate of drug-likeness (QED) is 0.774. The van der Waals surface area contributed by atoms with Gasteiger partial charge in [0.25, 0.3) is 0 Å². The summed E-state index contributed by atoms with van der Waals surface area (Å²) in [5.74, 6) is 2.86. The molecule has 18 heavy (non-hydrogen) atoms. The van der Waals surface area contributed by atoms with E-state index in [-0.39, 0.29) is 6.04 Å². The van der Waals surface area contributed by atoms with Crippen molar-refractivity contribution in [2.45, 2.75) is 26.8 Å². The number of hydrogen-bond acceptors (Lipinski definition) is 5. The Morgan fingerprint density at radius 1 is 1.28 bits per heavy atom. The number of furan rings is 1. The highest BCUT2D eigenvalue weighted by atomic mass is 16.3. The normalized spacial score (nSPS) is 12.4. The van der Waals surface area contributed by atoms with E-state index >= 15 is 0 Å². The summed E-state index contributed by atoms with van der Waals surface area (Å²) in [6.07, 6.45) is 0. The minimum absolute atomic E-state index is 0.0953. The van der Waals surface area contributed by atoms with E-state index in [1.54, 1.807) is 6.07 Å². The van der Waals surface area contributed by atoms with E-state index in [9.17, 15) is 0 Å². The number of nitrogens with two attached hydrogens (primary N) is 2. The van der Waals surface area contributed by atoms with Crippen LogP contribution < -0.4 is 16.8 Å². The number of aromatic nitrogens is 1. The van der Waals surface area contributed by atoms with Crippen LogP contribution in [-0.4, -0.2) is 4.98 Å². The first-order chi connectivity index (χ1) is 8.47. The molecule has 2 aromatic heterocycles. The summed E-state index contributed by atoms with van der Waals surface area (Å²) in [7, 11) is 0. The Kier molecular flexibility index (Phi) is 3.14. The average Bonchev–Trinajstić information content (AvgIpc) is 2.63. The number of pyridine rings is 1. The zero-order valence-corrected chi connectivity index (χ0v) is 10.8. The standard InChI is InChI=1S/C13H18N4O/c1-7-6-10(9(3)18-7)8(2)16-12-5-4-11(14)13(15)17-12/h4-6,8H,14H2,1-3H3,(H3,15,16,17). The maximum Gasteiger partial charge on any atom is 0.149 e. The Morgan fingerprint density at radius 3 is 2.56 bits per heavy atom. The molecule has 0 bridgehead atoms. The van der Waals surface area contributed by atoms with Gasteiger partial charge < -0.3 is 21.2 Å². The summed E-state index contributed by atoms with van der Waals surface area (Å²) in [6.45, 7) is 5.93. The third kappa shape index (κ3) is 2.40. The van der Waals surface area contributed by atoms with Gasteiger partial charge in [0.1, 0.15) is 23.2 Å². The molecule has 5 nitrogen and oxygen atoms in total. The molecule has 2 rings (SSSR count). The SMILES string of the molecule is Cc1cc(C(C)Nc2ccc(N)c(N)n2)c(C)o1. The summed E-state index contributed by atoms with van der Waals surface area (Å²) in [5, 5.41) is 3.27. The largest absolute Gasteiger partial charge is 0.466 e. The Morgan fingerprint density at radius 2 is 2.00 bits per heavy atom. The molecule has 0 aromatic carbocycles. The fourth-order valence-electron chi connectivity index (χ4n) is 1.95. The number of nitrogen functional groups attached to an aromatic ring is 2. The third-order valence-electron chi connectivity index (χ3n) is 2.87. The smallest absolute Gasteiger partial charge is 0.149 e. The predicted octanol–water partition coefficient (Wildman–Crippen LogP) is 2.63. The molecular formula is C13H18N4O. The van der Waals surface area contributed by atoms with Crippen molar-refractivity contribution in [3.05, 3.63) is 35.3 Å². The summed E-state index contributed by atoms with van der Waals surface area (Å²) in [5.41, 5.74) is 12.9. The maximum absolute atomic E-state index is 5.67. The molecule has 96 valence electrons. The van der Waals surface area contributed by atoms with Crippen LogP contribution in [0.5, 0.6) is 0 Å². The van der Waals surface area contributed by atoms with Crippen molar-refractivity contribution in [1.29, 1.82) is 0 Å². The van der Waals surface area contributed by atoms with E-state index in [0.717, 1.165) is 17.1 Å². The summed E-state index contributed by atoms with van der Waals surface area (Å²) in [6, 6.07) is 5.67. The molecule has 1 atom stereocenters. The first-order valence-electron chi connectivity index (χ1n) is 5.83. The van der Waals surface area contributed by atoms with E-state index < -0.39 is 0 Å². The second-order valence-electron chi connectivity index (χ2n) is 4.41. The number of anilines is 3. The van der Waals surface area contributed by atoms with E-state index in [1.165, 1.54) is 0 Å². The van der Waals surface area contributed by atoms with Crippen molar-refractivity contribution < 1.29 is 4.42 Å². The molecule has 2 aromatic rings. The fraction of sp³-hybridized carbons (Fsp3) is 0.308. The second-order valence-corrected chi connectivity index (χ2v) is 4.41. The number of nitrogens with zero attached hydrogens (tertiary/aromatic N) is 1. The summed E-state index contributed by atoms with van der Waals surface area (Å²) >= 11 is 0. The molecule has 0 aliphatic carbocycles.